The molecule has 138 valence electrons. The summed E-state index contributed by atoms with van der Waals surface area (Å²) in [6.45, 7) is 0.701. The summed E-state index contributed by atoms with van der Waals surface area (Å²) >= 11 is 1.85. The van der Waals surface area contributed by atoms with Gasteiger partial charge in [-0.05, 0) is 16.7 Å². The molecule has 0 saturated heterocycles. The third-order valence-electron chi connectivity index (χ3n) is 4.47. The van der Waals surface area contributed by atoms with Gasteiger partial charge in [0.05, 0.1) is 0 Å². The molecule has 1 amide bonds. The third kappa shape index (κ3) is 6.30. The average molecular weight is 376 g/mol. The van der Waals surface area contributed by atoms with Crippen LogP contribution >= 0.6 is 11.8 Å². The predicted octanol–water partition coefficient (Wildman–Crippen LogP) is 5.26. The number of amides is 1. The van der Waals surface area contributed by atoms with Crippen LogP contribution in [0.4, 0.5) is 0 Å². The molecule has 1 N–H and O–H groups in total. The molecule has 0 heterocycles. The number of benzene rings is 3. The monoisotopic (exact) mass is 375 g/mol. The molecule has 2 nitrogen and oxygen atoms in total. The van der Waals surface area contributed by atoms with Crippen LogP contribution in [0.15, 0.2) is 91.0 Å². The second-order valence-corrected chi connectivity index (χ2v) is 7.57. The molecule has 3 aromatic rings. The van der Waals surface area contributed by atoms with Crippen molar-refractivity contribution in [3.63, 3.8) is 0 Å². The van der Waals surface area contributed by atoms with Crippen molar-refractivity contribution in [2.75, 3.05) is 12.3 Å². The van der Waals surface area contributed by atoms with E-state index in [2.05, 4.69) is 53.8 Å². The lowest BCUT2D eigenvalue weighted by molar-refractivity contribution is -0.121. The molecule has 0 aliphatic heterocycles. The Hall–Kier alpha value is -2.52. The van der Waals surface area contributed by atoms with Crippen molar-refractivity contribution in [2.45, 2.75) is 18.1 Å². The zero-order valence-electron chi connectivity index (χ0n) is 15.4. The summed E-state index contributed by atoms with van der Waals surface area (Å²) in [6, 6.07) is 31.0. The van der Waals surface area contributed by atoms with Crippen LogP contribution in [-0.2, 0) is 10.5 Å². The van der Waals surface area contributed by atoms with E-state index in [1.807, 2.05) is 54.2 Å². The molecule has 0 unspecified atom stereocenters. The molecule has 3 heteroatoms. The highest BCUT2D eigenvalue weighted by atomic mass is 32.2. The molecule has 0 fully saturated rings. The molecule has 0 aromatic heterocycles. The highest BCUT2D eigenvalue weighted by Gasteiger charge is 2.17. The largest absolute Gasteiger partial charge is 0.355 e. The van der Waals surface area contributed by atoms with Crippen LogP contribution in [0.2, 0.25) is 0 Å². The third-order valence-corrected chi connectivity index (χ3v) is 5.50. The van der Waals surface area contributed by atoms with Crippen molar-refractivity contribution in [3.8, 4) is 0 Å². The van der Waals surface area contributed by atoms with Gasteiger partial charge in [0, 0.05) is 30.4 Å². The number of thioether (sulfide) groups is 1. The van der Waals surface area contributed by atoms with E-state index in [-0.39, 0.29) is 11.8 Å². The molecular weight excluding hydrogens is 350 g/mol. The first-order valence-electron chi connectivity index (χ1n) is 9.31. The lowest BCUT2D eigenvalue weighted by Gasteiger charge is -2.18. The smallest absolute Gasteiger partial charge is 0.220 e. The first-order chi connectivity index (χ1) is 13.3. The summed E-state index contributed by atoms with van der Waals surface area (Å²) in [5.74, 6) is 2.09. The molecule has 0 saturated carbocycles. The zero-order valence-corrected chi connectivity index (χ0v) is 16.2. The van der Waals surface area contributed by atoms with Crippen LogP contribution in [0.3, 0.4) is 0 Å². The number of carbonyl (C=O) groups excluding carboxylic acids is 1. The van der Waals surface area contributed by atoms with Gasteiger partial charge in [-0.2, -0.15) is 11.8 Å². The SMILES string of the molecule is O=C(CC(c1ccccc1)c1ccccc1)NCCSCc1ccccc1. The second kappa shape index (κ2) is 10.6. The standard InChI is InChI=1S/C24H25NOS/c26-24(25-16-17-27-19-20-10-4-1-5-11-20)18-23(21-12-6-2-7-13-21)22-14-8-3-9-15-22/h1-15,23H,16-19H2,(H,25,26). The highest BCUT2D eigenvalue weighted by Crippen LogP contribution is 2.27. The molecule has 3 rings (SSSR count). The van der Waals surface area contributed by atoms with Crippen LogP contribution in [0.1, 0.15) is 29.0 Å². The summed E-state index contributed by atoms with van der Waals surface area (Å²) < 4.78 is 0. The summed E-state index contributed by atoms with van der Waals surface area (Å²) in [4.78, 5) is 12.5. The van der Waals surface area contributed by atoms with E-state index >= 15 is 0 Å². The van der Waals surface area contributed by atoms with E-state index in [0.29, 0.717) is 13.0 Å². The fourth-order valence-corrected chi connectivity index (χ4v) is 3.90. The zero-order chi connectivity index (χ0) is 18.7. The van der Waals surface area contributed by atoms with Crippen LogP contribution in [0.25, 0.3) is 0 Å². The minimum Gasteiger partial charge on any atom is -0.355 e. The Balaban J connectivity index is 1.49. The van der Waals surface area contributed by atoms with Gasteiger partial charge in [-0.15, -0.1) is 0 Å². The molecule has 0 radical (unpaired) electrons. The summed E-state index contributed by atoms with van der Waals surface area (Å²) in [7, 11) is 0. The molecule has 3 aromatic carbocycles. The number of nitrogens with one attached hydrogen (secondary N) is 1. The molecule has 27 heavy (non-hydrogen) atoms. The summed E-state index contributed by atoms with van der Waals surface area (Å²) in [5, 5.41) is 3.08. The predicted molar refractivity (Wildman–Crippen MR) is 115 cm³/mol. The molecular formula is C24H25NOS. The molecule has 0 atom stereocenters. The van der Waals surface area contributed by atoms with Gasteiger partial charge in [0.25, 0.3) is 0 Å². The van der Waals surface area contributed by atoms with Crippen molar-refractivity contribution >= 4 is 17.7 Å². The first kappa shape index (κ1) is 19.2. The maximum absolute atomic E-state index is 12.5. The van der Waals surface area contributed by atoms with Crippen molar-refractivity contribution < 1.29 is 4.79 Å². The first-order valence-corrected chi connectivity index (χ1v) is 10.5. The van der Waals surface area contributed by atoms with E-state index < -0.39 is 0 Å². The fraction of sp³-hybridized carbons (Fsp3) is 0.208. The van der Waals surface area contributed by atoms with Gasteiger partial charge < -0.3 is 5.32 Å². The average Bonchev–Trinajstić information content (AvgIpc) is 2.74. The summed E-state index contributed by atoms with van der Waals surface area (Å²) in [6.07, 6.45) is 0.470. The van der Waals surface area contributed by atoms with Crippen molar-refractivity contribution in [1.29, 1.82) is 0 Å². The van der Waals surface area contributed by atoms with Gasteiger partial charge in [0.1, 0.15) is 0 Å². The van der Waals surface area contributed by atoms with Gasteiger partial charge in [0.2, 0.25) is 5.91 Å². The normalized spacial score (nSPS) is 10.7. The molecule has 0 aliphatic rings. The number of rotatable bonds is 9. The Kier molecular flexibility index (Phi) is 7.55. The van der Waals surface area contributed by atoms with Crippen LogP contribution < -0.4 is 5.32 Å². The van der Waals surface area contributed by atoms with E-state index in [1.54, 1.807) is 0 Å². The number of carbonyl (C=O) groups is 1. The van der Waals surface area contributed by atoms with E-state index in [0.717, 1.165) is 11.5 Å². The van der Waals surface area contributed by atoms with Gasteiger partial charge >= 0.3 is 0 Å². The number of hydrogen-bond donors (Lipinski definition) is 1. The Morgan fingerprint density at radius 1 is 0.778 bits per heavy atom. The van der Waals surface area contributed by atoms with E-state index in [4.69, 9.17) is 0 Å². The van der Waals surface area contributed by atoms with Crippen molar-refractivity contribution in [3.05, 3.63) is 108 Å². The number of hydrogen-bond acceptors (Lipinski definition) is 2. The Morgan fingerprint density at radius 3 is 1.85 bits per heavy atom. The quantitative estimate of drug-likeness (QED) is 0.517. The molecule has 0 aliphatic carbocycles. The minimum atomic E-state index is 0.0874. The lowest BCUT2D eigenvalue weighted by atomic mass is 9.88. The summed E-state index contributed by atoms with van der Waals surface area (Å²) in [5.41, 5.74) is 3.68. The highest BCUT2D eigenvalue weighted by molar-refractivity contribution is 7.98. The maximum Gasteiger partial charge on any atom is 0.220 e. The maximum atomic E-state index is 12.5. The van der Waals surface area contributed by atoms with Gasteiger partial charge in [0.15, 0.2) is 0 Å². The van der Waals surface area contributed by atoms with Crippen LogP contribution in [0, 0.1) is 0 Å². The van der Waals surface area contributed by atoms with Crippen molar-refractivity contribution in [2.24, 2.45) is 0 Å². The topological polar surface area (TPSA) is 29.1 Å². The van der Waals surface area contributed by atoms with E-state index in [1.165, 1.54) is 16.7 Å². The fourth-order valence-electron chi connectivity index (χ4n) is 3.08. The Labute approximate surface area is 166 Å². The van der Waals surface area contributed by atoms with E-state index in [9.17, 15) is 4.79 Å². The van der Waals surface area contributed by atoms with Gasteiger partial charge in [-0.1, -0.05) is 91.0 Å². The molecule has 0 bridgehead atoms. The Bertz CT molecular complexity index is 766. The Morgan fingerprint density at radius 2 is 1.30 bits per heavy atom. The minimum absolute atomic E-state index is 0.0874. The van der Waals surface area contributed by atoms with Crippen LogP contribution in [-0.4, -0.2) is 18.2 Å². The molecule has 0 spiro atoms. The van der Waals surface area contributed by atoms with Gasteiger partial charge in [-0.25, -0.2) is 0 Å². The van der Waals surface area contributed by atoms with Gasteiger partial charge in [-0.3, -0.25) is 4.79 Å². The lowest BCUT2D eigenvalue weighted by Crippen LogP contribution is -2.27. The van der Waals surface area contributed by atoms with Crippen LogP contribution in [0.5, 0.6) is 0 Å². The second-order valence-electron chi connectivity index (χ2n) is 6.47. The van der Waals surface area contributed by atoms with Crippen molar-refractivity contribution in [1.82, 2.24) is 5.32 Å².